The summed E-state index contributed by atoms with van der Waals surface area (Å²) in [7, 11) is 0. The van der Waals surface area contributed by atoms with Crippen molar-refractivity contribution in [3.05, 3.63) is 18.0 Å². The van der Waals surface area contributed by atoms with Crippen molar-refractivity contribution in [3.8, 4) is 0 Å². The molecule has 4 heteroatoms. The predicted octanol–water partition coefficient (Wildman–Crippen LogP) is 2.41. The fraction of sp³-hybridized carbons (Fsp3) is 0.667. The second-order valence-corrected chi connectivity index (χ2v) is 4.45. The summed E-state index contributed by atoms with van der Waals surface area (Å²) in [5.41, 5.74) is 1.06. The van der Waals surface area contributed by atoms with Crippen LogP contribution in [0.3, 0.4) is 0 Å². The summed E-state index contributed by atoms with van der Waals surface area (Å²) < 4.78 is 2.04. The van der Waals surface area contributed by atoms with E-state index in [9.17, 15) is 4.79 Å². The van der Waals surface area contributed by atoms with E-state index in [1.54, 1.807) is 6.20 Å². The Morgan fingerprint density at radius 3 is 2.88 bits per heavy atom. The van der Waals surface area contributed by atoms with Gasteiger partial charge in [0, 0.05) is 11.9 Å². The number of hydrogen-bond donors (Lipinski definition) is 1. The maximum Gasteiger partial charge on any atom is 0.303 e. The van der Waals surface area contributed by atoms with Crippen LogP contribution in [0.4, 0.5) is 0 Å². The van der Waals surface area contributed by atoms with Crippen LogP contribution < -0.4 is 0 Å². The topological polar surface area (TPSA) is 55.1 Å². The second-order valence-electron chi connectivity index (χ2n) is 4.45. The van der Waals surface area contributed by atoms with Crippen molar-refractivity contribution >= 4 is 5.97 Å². The van der Waals surface area contributed by atoms with Gasteiger partial charge in [-0.2, -0.15) is 5.10 Å². The first-order valence-corrected chi connectivity index (χ1v) is 6.01. The molecule has 0 bridgehead atoms. The molecule has 1 saturated carbocycles. The number of rotatable bonds is 4. The monoisotopic (exact) mass is 222 g/mol. The zero-order chi connectivity index (χ0) is 11.4. The molecule has 0 aromatic carbocycles. The highest BCUT2D eigenvalue weighted by atomic mass is 16.4. The summed E-state index contributed by atoms with van der Waals surface area (Å²) in [5, 5.41) is 13.0. The minimum absolute atomic E-state index is 0.193. The van der Waals surface area contributed by atoms with Crippen LogP contribution in [0.1, 0.15) is 50.3 Å². The maximum absolute atomic E-state index is 10.6. The van der Waals surface area contributed by atoms with E-state index in [-0.39, 0.29) is 6.42 Å². The van der Waals surface area contributed by atoms with E-state index in [0.29, 0.717) is 12.5 Å². The molecule has 0 atom stereocenters. The maximum atomic E-state index is 10.6. The van der Waals surface area contributed by atoms with Crippen molar-refractivity contribution < 1.29 is 9.90 Å². The standard InChI is InChI=1S/C12H18N2O2/c15-12(16)7-6-11-8-9-13-14(11)10-4-2-1-3-5-10/h8-10H,1-7H2,(H,15,16). The number of aryl methyl sites for hydroxylation is 1. The summed E-state index contributed by atoms with van der Waals surface area (Å²) >= 11 is 0. The lowest BCUT2D eigenvalue weighted by molar-refractivity contribution is -0.137. The molecule has 0 radical (unpaired) electrons. The summed E-state index contributed by atoms with van der Waals surface area (Å²) in [6.07, 6.45) is 8.79. The molecule has 1 heterocycles. The zero-order valence-electron chi connectivity index (χ0n) is 9.43. The summed E-state index contributed by atoms with van der Waals surface area (Å²) in [4.78, 5) is 10.6. The molecule has 0 unspecified atom stereocenters. The third-order valence-corrected chi connectivity index (χ3v) is 3.27. The van der Waals surface area contributed by atoms with Crippen LogP contribution in [0.15, 0.2) is 12.3 Å². The van der Waals surface area contributed by atoms with Crippen molar-refractivity contribution in [1.29, 1.82) is 0 Å². The largest absolute Gasteiger partial charge is 0.481 e. The molecule has 16 heavy (non-hydrogen) atoms. The summed E-state index contributed by atoms with van der Waals surface area (Å²) in [6, 6.07) is 2.44. The number of aliphatic carboxylic acids is 1. The number of hydrogen-bond acceptors (Lipinski definition) is 2. The van der Waals surface area contributed by atoms with Crippen LogP contribution in [-0.2, 0) is 11.2 Å². The van der Waals surface area contributed by atoms with Gasteiger partial charge in [-0.25, -0.2) is 0 Å². The molecule has 0 aliphatic heterocycles. The molecule has 0 spiro atoms. The van der Waals surface area contributed by atoms with Crippen LogP contribution >= 0.6 is 0 Å². The van der Waals surface area contributed by atoms with Crippen molar-refractivity contribution in [2.24, 2.45) is 0 Å². The van der Waals surface area contributed by atoms with Gasteiger partial charge < -0.3 is 5.11 Å². The number of carboxylic acids is 1. The molecule has 1 N–H and O–H groups in total. The third kappa shape index (κ3) is 2.62. The summed E-state index contributed by atoms with van der Waals surface area (Å²) in [6.45, 7) is 0. The van der Waals surface area contributed by atoms with Crippen LogP contribution in [0.5, 0.6) is 0 Å². The van der Waals surface area contributed by atoms with Crippen LogP contribution in [0, 0.1) is 0 Å². The van der Waals surface area contributed by atoms with E-state index in [1.165, 1.54) is 32.1 Å². The Kier molecular flexibility index (Phi) is 3.59. The van der Waals surface area contributed by atoms with Gasteiger partial charge in [-0.1, -0.05) is 19.3 Å². The Morgan fingerprint density at radius 1 is 1.44 bits per heavy atom. The van der Waals surface area contributed by atoms with E-state index < -0.39 is 5.97 Å². The van der Waals surface area contributed by atoms with Gasteiger partial charge in [0.1, 0.15) is 0 Å². The molecule has 1 fully saturated rings. The lowest BCUT2D eigenvalue weighted by atomic mass is 9.95. The molecule has 4 nitrogen and oxygen atoms in total. The van der Waals surface area contributed by atoms with Gasteiger partial charge in [0.25, 0.3) is 0 Å². The average molecular weight is 222 g/mol. The smallest absolute Gasteiger partial charge is 0.303 e. The van der Waals surface area contributed by atoms with Gasteiger partial charge in [0.05, 0.1) is 12.5 Å². The molecule has 0 amide bonds. The molecule has 88 valence electrons. The van der Waals surface area contributed by atoms with E-state index in [1.807, 2.05) is 10.7 Å². The highest BCUT2D eigenvalue weighted by molar-refractivity contribution is 5.66. The summed E-state index contributed by atoms with van der Waals surface area (Å²) in [5.74, 6) is -0.739. The first-order valence-electron chi connectivity index (χ1n) is 6.01. The Bertz CT molecular complexity index is 354. The van der Waals surface area contributed by atoms with Crippen molar-refractivity contribution in [3.63, 3.8) is 0 Å². The quantitative estimate of drug-likeness (QED) is 0.851. The fourth-order valence-corrected chi connectivity index (χ4v) is 2.43. The molecule has 2 rings (SSSR count). The molecule has 1 aromatic heterocycles. The first kappa shape index (κ1) is 11.2. The first-order chi connectivity index (χ1) is 7.77. The van der Waals surface area contributed by atoms with E-state index in [0.717, 1.165) is 5.69 Å². The van der Waals surface area contributed by atoms with E-state index in [4.69, 9.17) is 5.11 Å². The average Bonchev–Trinajstić information content (AvgIpc) is 2.75. The number of carbonyl (C=O) groups is 1. The SMILES string of the molecule is O=C(O)CCc1ccnn1C1CCCCC1. The van der Waals surface area contributed by atoms with Crippen molar-refractivity contribution in [1.82, 2.24) is 9.78 Å². The minimum atomic E-state index is -0.739. The molecule has 1 aliphatic rings. The molecule has 1 aliphatic carbocycles. The molecular formula is C12H18N2O2. The fourth-order valence-electron chi connectivity index (χ4n) is 2.43. The van der Waals surface area contributed by atoms with E-state index in [2.05, 4.69) is 5.10 Å². The van der Waals surface area contributed by atoms with Gasteiger partial charge in [0.15, 0.2) is 0 Å². The highest BCUT2D eigenvalue weighted by Gasteiger charge is 2.18. The Hall–Kier alpha value is -1.32. The van der Waals surface area contributed by atoms with Crippen molar-refractivity contribution in [2.45, 2.75) is 51.0 Å². The van der Waals surface area contributed by atoms with E-state index >= 15 is 0 Å². The predicted molar refractivity (Wildman–Crippen MR) is 60.3 cm³/mol. The Morgan fingerprint density at radius 2 is 2.19 bits per heavy atom. The number of nitrogens with zero attached hydrogens (tertiary/aromatic N) is 2. The van der Waals surface area contributed by atoms with Crippen molar-refractivity contribution in [2.75, 3.05) is 0 Å². The lowest BCUT2D eigenvalue weighted by Crippen LogP contribution is -2.17. The number of carboxylic acid groups (broad SMARTS) is 1. The zero-order valence-corrected chi connectivity index (χ0v) is 9.43. The van der Waals surface area contributed by atoms with Crippen LogP contribution in [0.25, 0.3) is 0 Å². The molecule has 0 saturated heterocycles. The Balaban J connectivity index is 2.02. The van der Waals surface area contributed by atoms with Crippen LogP contribution in [-0.4, -0.2) is 20.9 Å². The second kappa shape index (κ2) is 5.14. The van der Waals surface area contributed by atoms with Crippen LogP contribution in [0.2, 0.25) is 0 Å². The third-order valence-electron chi connectivity index (χ3n) is 3.27. The molecular weight excluding hydrogens is 204 g/mol. The van der Waals surface area contributed by atoms with Gasteiger partial charge >= 0.3 is 5.97 Å². The number of aromatic nitrogens is 2. The Labute approximate surface area is 95.3 Å². The molecule has 1 aromatic rings. The normalized spacial score (nSPS) is 17.5. The van der Waals surface area contributed by atoms with Gasteiger partial charge in [-0.3, -0.25) is 9.48 Å². The van der Waals surface area contributed by atoms with Gasteiger partial charge in [-0.15, -0.1) is 0 Å². The van der Waals surface area contributed by atoms with Gasteiger partial charge in [-0.05, 0) is 25.3 Å². The van der Waals surface area contributed by atoms with Gasteiger partial charge in [0.2, 0.25) is 0 Å². The minimum Gasteiger partial charge on any atom is -0.481 e. The highest BCUT2D eigenvalue weighted by Crippen LogP contribution is 2.28. The lowest BCUT2D eigenvalue weighted by Gasteiger charge is -2.23.